The van der Waals surface area contributed by atoms with Crippen molar-refractivity contribution in [3.63, 3.8) is 0 Å². The zero-order chi connectivity index (χ0) is 23.8. The number of aryl methyl sites for hydroxylation is 3. The Labute approximate surface area is 177 Å². The highest BCUT2D eigenvalue weighted by Crippen LogP contribution is 2.45. The molecule has 0 saturated carbocycles. The predicted molar refractivity (Wildman–Crippen MR) is 99.5 cm³/mol. The van der Waals surface area contributed by atoms with E-state index in [1.807, 2.05) is 0 Å². The number of sulfonamides is 1. The minimum absolute atomic E-state index is 0.102. The fourth-order valence-corrected chi connectivity index (χ4v) is 5.51. The molecular formula is C17H16F6N6O2S. The minimum atomic E-state index is -4.86. The largest absolute Gasteiger partial charge is 0.433 e. The molecule has 3 aromatic heterocycles. The Bertz CT molecular complexity index is 1320. The highest BCUT2D eigenvalue weighted by Gasteiger charge is 2.49. The van der Waals surface area contributed by atoms with Gasteiger partial charge < -0.3 is 0 Å². The summed E-state index contributed by atoms with van der Waals surface area (Å²) in [6.07, 6.45) is -9.13. The van der Waals surface area contributed by atoms with Gasteiger partial charge in [-0.25, -0.2) is 22.4 Å². The molecule has 0 N–H and O–H groups in total. The van der Waals surface area contributed by atoms with Crippen LogP contribution >= 0.6 is 0 Å². The molecule has 4 rings (SSSR count). The first-order valence-electron chi connectivity index (χ1n) is 9.19. The first-order chi connectivity index (χ1) is 14.6. The lowest BCUT2D eigenvalue weighted by Gasteiger charge is -2.34. The van der Waals surface area contributed by atoms with E-state index >= 15 is 0 Å². The highest BCUT2D eigenvalue weighted by molar-refractivity contribution is 7.92. The summed E-state index contributed by atoms with van der Waals surface area (Å²) in [6, 6.07) is -1.57. The van der Waals surface area contributed by atoms with Crippen LogP contribution in [-0.2, 0) is 23.2 Å². The molecule has 8 nitrogen and oxygen atoms in total. The van der Waals surface area contributed by atoms with Crippen LogP contribution in [0.3, 0.4) is 0 Å². The maximum Gasteiger partial charge on any atom is 0.433 e. The maximum absolute atomic E-state index is 13.7. The fourth-order valence-electron chi connectivity index (χ4n) is 3.82. The van der Waals surface area contributed by atoms with E-state index in [1.165, 1.54) is 31.8 Å². The van der Waals surface area contributed by atoms with Crippen LogP contribution in [0.4, 0.5) is 32.2 Å². The predicted octanol–water partition coefficient (Wildman–Crippen LogP) is 3.50. The molecule has 0 aliphatic carbocycles. The van der Waals surface area contributed by atoms with Crippen molar-refractivity contribution in [1.29, 1.82) is 0 Å². The number of rotatable bonds is 2. The minimum Gasteiger partial charge on any atom is -0.274 e. The summed E-state index contributed by atoms with van der Waals surface area (Å²) >= 11 is 0. The second-order valence-corrected chi connectivity index (χ2v) is 9.30. The van der Waals surface area contributed by atoms with Gasteiger partial charge in [0.25, 0.3) is 10.0 Å². The third kappa shape index (κ3) is 3.38. The molecule has 174 valence electrons. The fraction of sp³-hybridized carbons (Fsp3) is 0.471. The molecule has 3 aromatic rings. The van der Waals surface area contributed by atoms with E-state index in [-0.39, 0.29) is 21.5 Å². The van der Waals surface area contributed by atoms with Crippen molar-refractivity contribution in [2.45, 2.75) is 43.6 Å². The SMILES string of the molecule is Cc1nn(C)cc1S(=O)(=O)N1CCC(C(F)(F)F)n2nc3nc(C(F)(F)F)cc(C)c3c21. The topological polar surface area (TPSA) is 85.9 Å². The third-order valence-corrected chi connectivity index (χ3v) is 7.07. The molecule has 15 heteroatoms. The summed E-state index contributed by atoms with van der Waals surface area (Å²) in [5.74, 6) is -0.476. The molecule has 1 atom stereocenters. The maximum atomic E-state index is 13.7. The summed E-state index contributed by atoms with van der Waals surface area (Å²) in [4.78, 5) is 3.14. The number of anilines is 1. The summed E-state index contributed by atoms with van der Waals surface area (Å²) in [6.45, 7) is 2.11. The summed E-state index contributed by atoms with van der Waals surface area (Å²) < 4.78 is 110. The summed E-state index contributed by atoms with van der Waals surface area (Å²) in [5.41, 5.74) is -1.94. The van der Waals surface area contributed by atoms with Crippen LogP contribution in [-0.4, -0.2) is 45.7 Å². The first-order valence-corrected chi connectivity index (χ1v) is 10.6. The molecule has 1 aliphatic heterocycles. The molecule has 1 aliphatic rings. The van der Waals surface area contributed by atoms with Crippen molar-refractivity contribution >= 4 is 26.9 Å². The van der Waals surface area contributed by atoms with Crippen molar-refractivity contribution in [3.8, 4) is 0 Å². The van der Waals surface area contributed by atoms with Gasteiger partial charge >= 0.3 is 12.4 Å². The van der Waals surface area contributed by atoms with Crippen LogP contribution in [0.2, 0.25) is 0 Å². The number of hydrogen-bond donors (Lipinski definition) is 0. The normalized spacial score (nSPS) is 17.8. The standard InChI is InChI=1S/C17H16F6N6O2S/c1-8-6-11(16(18,19)20)24-14-13(8)15-28(5-4-12(17(21,22)23)29(15)26-14)32(30,31)10-7-27(3)25-9(10)2/h6-7,12H,4-5H2,1-3H3. The number of nitrogens with zero attached hydrogens (tertiary/aromatic N) is 6. The quantitative estimate of drug-likeness (QED) is 0.522. The van der Waals surface area contributed by atoms with E-state index in [0.29, 0.717) is 10.7 Å². The lowest BCUT2D eigenvalue weighted by Crippen LogP contribution is -2.43. The molecule has 4 heterocycles. The Morgan fingerprint density at radius 1 is 1.09 bits per heavy atom. The van der Waals surface area contributed by atoms with Gasteiger partial charge in [0.15, 0.2) is 17.5 Å². The van der Waals surface area contributed by atoms with Crippen LogP contribution in [0, 0.1) is 13.8 Å². The van der Waals surface area contributed by atoms with Crippen LogP contribution < -0.4 is 4.31 Å². The van der Waals surface area contributed by atoms with Gasteiger partial charge in [-0.2, -0.15) is 31.4 Å². The van der Waals surface area contributed by atoms with Gasteiger partial charge in [0.1, 0.15) is 10.6 Å². The van der Waals surface area contributed by atoms with Gasteiger partial charge in [0.2, 0.25) is 0 Å². The van der Waals surface area contributed by atoms with Gasteiger partial charge in [-0.3, -0.25) is 4.68 Å². The van der Waals surface area contributed by atoms with Crippen molar-refractivity contribution in [3.05, 3.63) is 29.2 Å². The Balaban J connectivity index is 2.02. The molecule has 0 aromatic carbocycles. The van der Waals surface area contributed by atoms with E-state index in [2.05, 4.69) is 15.2 Å². The second-order valence-electron chi connectivity index (χ2n) is 7.46. The van der Waals surface area contributed by atoms with Crippen LogP contribution in [0.1, 0.15) is 29.4 Å². The highest BCUT2D eigenvalue weighted by atomic mass is 32.2. The Hall–Kier alpha value is -2.84. The van der Waals surface area contributed by atoms with Crippen LogP contribution in [0.15, 0.2) is 17.2 Å². The molecule has 0 saturated heterocycles. The monoisotopic (exact) mass is 482 g/mol. The molecular weight excluding hydrogens is 466 g/mol. The average Bonchev–Trinajstić information content (AvgIpc) is 3.19. The number of aromatic nitrogens is 5. The van der Waals surface area contributed by atoms with Crippen molar-refractivity contribution in [2.75, 3.05) is 10.8 Å². The lowest BCUT2D eigenvalue weighted by atomic mass is 10.1. The molecule has 0 radical (unpaired) electrons. The van der Waals surface area contributed by atoms with Gasteiger partial charge in [0, 0.05) is 19.8 Å². The Morgan fingerprint density at radius 2 is 1.75 bits per heavy atom. The van der Waals surface area contributed by atoms with Crippen molar-refractivity contribution < 1.29 is 34.8 Å². The third-order valence-electron chi connectivity index (χ3n) is 5.18. The second kappa shape index (κ2) is 6.83. The molecule has 32 heavy (non-hydrogen) atoms. The molecule has 0 spiro atoms. The van der Waals surface area contributed by atoms with E-state index < -0.39 is 58.5 Å². The number of halogens is 6. The molecule has 1 unspecified atom stereocenters. The van der Waals surface area contributed by atoms with E-state index in [4.69, 9.17) is 0 Å². The zero-order valence-corrected chi connectivity index (χ0v) is 17.6. The number of pyridine rings is 1. The molecule has 0 fully saturated rings. The van der Waals surface area contributed by atoms with Crippen LogP contribution in [0.5, 0.6) is 0 Å². The smallest absolute Gasteiger partial charge is 0.274 e. The summed E-state index contributed by atoms with van der Waals surface area (Å²) in [7, 11) is -2.92. The lowest BCUT2D eigenvalue weighted by molar-refractivity contribution is -0.172. The van der Waals surface area contributed by atoms with E-state index in [9.17, 15) is 34.8 Å². The van der Waals surface area contributed by atoms with E-state index in [1.54, 1.807) is 0 Å². The summed E-state index contributed by atoms with van der Waals surface area (Å²) in [5, 5.41) is 7.44. The molecule has 0 bridgehead atoms. The Morgan fingerprint density at radius 3 is 2.28 bits per heavy atom. The van der Waals surface area contributed by atoms with Crippen molar-refractivity contribution in [2.24, 2.45) is 7.05 Å². The van der Waals surface area contributed by atoms with Gasteiger partial charge in [-0.05, 0) is 31.9 Å². The average molecular weight is 482 g/mol. The zero-order valence-electron chi connectivity index (χ0n) is 16.8. The van der Waals surface area contributed by atoms with E-state index in [0.717, 1.165) is 4.31 Å². The van der Waals surface area contributed by atoms with Gasteiger partial charge in [-0.1, -0.05) is 0 Å². The first kappa shape index (κ1) is 22.4. The Kier molecular flexibility index (Phi) is 4.77. The molecule has 0 amide bonds. The number of fused-ring (bicyclic) bond motifs is 3. The number of hydrogen-bond acceptors (Lipinski definition) is 5. The number of alkyl halides is 6. The van der Waals surface area contributed by atoms with Gasteiger partial charge in [0.05, 0.1) is 11.1 Å². The van der Waals surface area contributed by atoms with Crippen LogP contribution in [0.25, 0.3) is 11.0 Å². The van der Waals surface area contributed by atoms with Gasteiger partial charge in [-0.15, -0.1) is 5.10 Å². The van der Waals surface area contributed by atoms with Crippen molar-refractivity contribution in [1.82, 2.24) is 24.5 Å².